The first-order valence-electron chi connectivity index (χ1n) is 6.99. The van der Waals surface area contributed by atoms with E-state index < -0.39 is 0 Å². The number of benzene rings is 1. The summed E-state index contributed by atoms with van der Waals surface area (Å²) in [4.78, 5) is 11.1. The van der Waals surface area contributed by atoms with E-state index in [0.717, 1.165) is 37.9 Å². The first kappa shape index (κ1) is 14.7. The van der Waals surface area contributed by atoms with Gasteiger partial charge in [-0.1, -0.05) is 25.5 Å². The molecule has 0 saturated carbocycles. The van der Waals surface area contributed by atoms with Crippen LogP contribution in [0.3, 0.4) is 0 Å². The fourth-order valence-electron chi connectivity index (χ4n) is 1.96. The summed E-state index contributed by atoms with van der Waals surface area (Å²) in [6.45, 7) is 4.64. The second kappa shape index (κ2) is 8.73. The molecule has 0 heterocycles. The Bertz CT molecular complexity index is 358. The Hall–Kier alpha value is -1.31. The zero-order valence-electron chi connectivity index (χ0n) is 11.6. The van der Waals surface area contributed by atoms with E-state index in [1.807, 2.05) is 26.0 Å². The van der Waals surface area contributed by atoms with E-state index in [1.54, 1.807) is 0 Å². The van der Waals surface area contributed by atoms with Gasteiger partial charge < -0.3 is 4.74 Å². The average molecular weight is 248 g/mol. The quantitative estimate of drug-likeness (QED) is 0.613. The fourth-order valence-corrected chi connectivity index (χ4v) is 1.96. The van der Waals surface area contributed by atoms with Crippen LogP contribution < -0.4 is 4.74 Å². The van der Waals surface area contributed by atoms with Crippen molar-refractivity contribution in [1.82, 2.24) is 0 Å². The van der Waals surface area contributed by atoms with Gasteiger partial charge in [-0.05, 0) is 43.9 Å². The normalized spacial score (nSPS) is 10.3. The topological polar surface area (TPSA) is 26.3 Å². The molecule has 0 amide bonds. The number of rotatable bonds is 9. The van der Waals surface area contributed by atoms with Crippen LogP contribution in [0.15, 0.2) is 24.3 Å². The van der Waals surface area contributed by atoms with Gasteiger partial charge in [0.05, 0.1) is 6.61 Å². The summed E-state index contributed by atoms with van der Waals surface area (Å²) in [6, 6.07) is 8.29. The zero-order chi connectivity index (χ0) is 13.2. The molecule has 1 aromatic carbocycles. The van der Waals surface area contributed by atoms with E-state index >= 15 is 0 Å². The fraction of sp³-hybridized carbons (Fsp3) is 0.562. The molecule has 18 heavy (non-hydrogen) atoms. The van der Waals surface area contributed by atoms with Gasteiger partial charge in [0, 0.05) is 12.8 Å². The first-order valence-corrected chi connectivity index (χ1v) is 6.99. The maximum absolute atomic E-state index is 11.1. The van der Waals surface area contributed by atoms with Gasteiger partial charge in [-0.3, -0.25) is 4.79 Å². The lowest BCUT2D eigenvalue weighted by molar-refractivity contribution is -0.118. The number of carbonyl (C=O) groups excluding carboxylic acids is 1. The molecule has 0 aliphatic heterocycles. The average Bonchev–Trinajstić information content (AvgIpc) is 2.39. The Kier molecular flexibility index (Phi) is 7.16. The minimum atomic E-state index is 0.383. The second-order valence-electron chi connectivity index (χ2n) is 4.53. The highest BCUT2D eigenvalue weighted by molar-refractivity contribution is 5.77. The van der Waals surface area contributed by atoms with Crippen molar-refractivity contribution in [3.8, 4) is 5.75 Å². The molecule has 0 radical (unpaired) electrons. The highest BCUT2D eigenvalue weighted by Gasteiger charge is 1.99. The number of hydrogen-bond donors (Lipinski definition) is 0. The smallest absolute Gasteiger partial charge is 0.132 e. The van der Waals surface area contributed by atoms with Gasteiger partial charge in [0.1, 0.15) is 11.5 Å². The summed E-state index contributed by atoms with van der Waals surface area (Å²) >= 11 is 0. The molecule has 1 aromatic rings. The maximum Gasteiger partial charge on any atom is 0.132 e. The van der Waals surface area contributed by atoms with Crippen LogP contribution >= 0.6 is 0 Å². The van der Waals surface area contributed by atoms with Crippen LogP contribution in [0, 0.1) is 0 Å². The van der Waals surface area contributed by atoms with E-state index in [1.165, 1.54) is 5.56 Å². The van der Waals surface area contributed by atoms with Gasteiger partial charge in [-0.2, -0.15) is 0 Å². The largest absolute Gasteiger partial charge is 0.494 e. The van der Waals surface area contributed by atoms with Gasteiger partial charge in [0.15, 0.2) is 0 Å². The Labute approximate surface area is 110 Å². The monoisotopic (exact) mass is 248 g/mol. The van der Waals surface area contributed by atoms with Gasteiger partial charge in [-0.15, -0.1) is 0 Å². The van der Waals surface area contributed by atoms with Crippen LogP contribution in [0.2, 0.25) is 0 Å². The molecule has 0 unspecified atom stereocenters. The van der Waals surface area contributed by atoms with Gasteiger partial charge in [0.2, 0.25) is 0 Å². The molecule has 0 bridgehead atoms. The summed E-state index contributed by atoms with van der Waals surface area (Å²) < 4.78 is 5.48. The number of carbonyl (C=O) groups is 1. The van der Waals surface area contributed by atoms with Crippen LogP contribution in [0.1, 0.15) is 51.5 Å². The van der Waals surface area contributed by atoms with E-state index in [-0.39, 0.29) is 0 Å². The Morgan fingerprint density at radius 3 is 2.72 bits per heavy atom. The number of unbranched alkanes of at least 4 members (excludes halogenated alkanes) is 2. The highest BCUT2D eigenvalue weighted by atomic mass is 16.5. The second-order valence-corrected chi connectivity index (χ2v) is 4.53. The molecule has 0 N–H and O–H groups in total. The summed E-state index contributed by atoms with van der Waals surface area (Å²) in [7, 11) is 0. The van der Waals surface area contributed by atoms with E-state index in [9.17, 15) is 4.79 Å². The molecule has 2 nitrogen and oxygen atoms in total. The molecule has 0 aliphatic carbocycles. The summed E-state index contributed by atoms with van der Waals surface area (Å²) in [5.41, 5.74) is 1.32. The molecule has 0 atom stereocenters. The first-order chi connectivity index (χ1) is 8.76. The Morgan fingerprint density at radius 2 is 2.00 bits per heavy atom. The standard InChI is InChI=1S/C16H24O2/c1-3-15(17)11-7-5-6-9-14-10-8-12-16(13-14)18-4-2/h8,10,12-13H,3-7,9,11H2,1-2H3. The van der Waals surface area contributed by atoms with Crippen LogP contribution in [-0.4, -0.2) is 12.4 Å². The maximum atomic E-state index is 11.1. The molecule has 1 rings (SSSR count). The Morgan fingerprint density at radius 1 is 1.17 bits per heavy atom. The van der Waals surface area contributed by atoms with Crippen molar-refractivity contribution >= 4 is 5.78 Å². The number of Topliss-reactive ketones (excluding diaryl/α,β-unsaturated/α-hetero) is 1. The van der Waals surface area contributed by atoms with Crippen LogP contribution in [0.25, 0.3) is 0 Å². The van der Waals surface area contributed by atoms with Crippen molar-refractivity contribution in [1.29, 1.82) is 0 Å². The van der Waals surface area contributed by atoms with Crippen LogP contribution in [-0.2, 0) is 11.2 Å². The van der Waals surface area contributed by atoms with Crippen LogP contribution in [0.5, 0.6) is 5.75 Å². The van der Waals surface area contributed by atoms with Crippen molar-refractivity contribution in [2.75, 3.05) is 6.61 Å². The lowest BCUT2D eigenvalue weighted by Crippen LogP contribution is -1.95. The summed E-state index contributed by atoms with van der Waals surface area (Å²) in [5, 5.41) is 0. The number of ketones is 1. The summed E-state index contributed by atoms with van der Waals surface area (Å²) in [5.74, 6) is 1.34. The molecule has 0 aromatic heterocycles. The number of ether oxygens (including phenoxy) is 1. The molecule has 2 heteroatoms. The molecule has 0 fully saturated rings. The minimum Gasteiger partial charge on any atom is -0.494 e. The predicted molar refractivity (Wildman–Crippen MR) is 75.1 cm³/mol. The Balaban J connectivity index is 2.22. The molecule has 0 spiro atoms. The van der Waals surface area contributed by atoms with E-state index in [4.69, 9.17) is 4.74 Å². The lowest BCUT2D eigenvalue weighted by Gasteiger charge is -2.06. The third-order valence-corrected chi connectivity index (χ3v) is 3.02. The molecular weight excluding hydrogens is 224 g/mol. The van der Waals surface area contributed by atoms with E-state index in [2.05, 4.69) is 12.1 Å². The number of hydrogen-bond acceptors (Lipinski definition) is 2. The lowest BCUT2D eigenvalue weighted by atomic mass is 10.0. The van der Waals surface area contributed by atoms with Gasteiger partial charge in [0.25, 0.3) is 0 Å². The van der Waals surface area contributed by atoms with Crippen molar-refractivity contribution in [3.05, 3.63) is 29.8 Å². The third kappa shape index (κ3) is 5.85. The van der Waals surface area contributed by atoms with Crippen molar-refractivity contribution in [2.45, 2.75) is 52.4 Å². The predicted octanol–water partition coefficient (Wildman–Crippen LogP) is 4.17. The summed E-state index contributed by atoms with van der Waals surface area (Å²) in [6.07, 6.45) is 5.79. The zero-order valence-corrected chi connectivity index (χ0v) is 11.6. The molecule has 0 aliphatic rings. The third-order valence-electron chi connectivity index (χ3n) is 3.02. The van der Waals surface area contributed by atoms with Crippen molar-refractivity contribution in [2.24, 2.45) is 0 Å². The molecule has 100 valence electrons. The van der Waals surface area contributed by atoms with Gasteiger partial charge in [-0.25, -0.2) is 0 Å². The number of aryl methyl sites for hydroxylation is 1. The van der Waals surface area contributed by atoms with Crippen molar-refractivity contribution in [3.63, 3.8) is 0 Å². The SMILES string of the molecule is CCOc1cccc(CCCCCC(=O)CC)c1. The van der Waals surface area contributed by atoms with Gasteiger partial charge >= 0.3 is 0 Å². The minimum absolute atomic E-state index is 0.383. The van der Waals surface area contributed by atoms with Crippen LogP contribution in [0.4, 0.5) is 0 Å². The van der Waals surface area contributed by atoms with E-state index in [0.29, 0.717) is 18.8 Å². The highest BCUT2D eigenvalue weighted by Crippen LogP contribution is 2.15. The molecular formula is C16H24O2. The molecule has 0 saturated heterocycles. The van der Waals surface area contributed by atoms with Crippen molar-refractivity contribution < 1.29 is 9.53 Å².